The van der Waals surface area contributed by atoms with E-state index in [4.69, 9.17) is 19.2 Å². The topological polar surface area (TPSA) is 122 Å². The molecule has 0 spiro atoms. The summed E-state index contributed by atoms with van der Waals surface area (Å²) in [6.07, 6.45) is 0.623. The zero-order valence-electron chi connectivity index (χ0n) is 26.3. The van der Waals surface area contributed by atoms with E-state index in [9.17, 15) is 14.4 Å². The number of rotatable bonds is 10. The van der Waals surface area contributed by atoms with Crippen molar-refractivity contribution in [3.63, 3.8) is 0 Å². The summed E-state index contributed by atoms with van der Waals surface area (Å²) in [5.41, 5.74) is 3.79. The van der Waals surface area contributed by atoms with Gasteiger partial charge in [0, 0.05) is 35.3 Å². The lowest BCUT2D eigenvalue weighted by atomic mass is 10.1. The third-order valence-electron chi connectivity index (χ3n) is 7.90. The average Bonchev–Trinajstić information content (AvgIpc) is 3.38. The molecule has 0 aliphatic carbocycles. The molecule has 2 atom stereocenters. The van der Waals surface area contributed by atoms with Gasteiger partial charge in [-0.2, -0.15) is 0 Å². The zero-order chi connectivity index (χ0) is 32.3. The summed E-state index contributed by atoms with van der Waals surface area (Å²) >= 11 is 1.49. The minimum absolute atomic E-state index is 0.0300. The van der Waals surface area contributed by atoms with E-state index in [0.717, 1.165) is 33.8 Å². The molecule has 4 heterocycles. The lowest BCUT2D eigenvalue weighted by molar-refractivity contribution is -0.113. The minimum Gasteiger partial charge on any atom is -0.475 e. The van der Waals surface area contributed by atoms with Gasteiger partial charge in [0.2, 0.25) is 11.8 Å². The number of pyridine rings is 1. The number of benzene rings is 2. The SMILES string of the molecule is CC(C)(C)OC(=O)N1CC[C@H]1COc1cccc(-c2cccc(CNCC[C@@H]3CN(c4ccc5c(c4)NC(=O)CS5)C(=O)O3)c2)n1. The number of ether oxygens (including phenoxy) is 3. The normalized spacial score (nSPS) is 19.2. The average molecular weight is 646 g/mol. The molecule has 3 aromatic rings. The van der Waals surface area contributed by atoms with Gasteiger partial charge in [-0.05, 0) is 76.1 Å². The fourth-order valence-electron chi connectivity index (χ4n) is 5.47. The number of carbonyl (C=O) groups excluding carboxylic acids is 3. The maximum absolute atomic E-state index is 12.6. The molecule has 0 unspecified atom stereocenters. The number of nitrogens with zero attached hydrogens (tertiary/aromatic N) is 3. The number of thioether (sulfide) groups is 1. The molecule has 11 nitrogen and oxygen atoms in total. The lowest BCUT2D eigenvalue weighted by Gasteiger charge is -2.40. The van der Waals surface area contributed by atoms with Crippen molar-refractivity contribution in [3.8, 4) is 17.1 Å². The Morgan fingerprint density at radius 2 is 1.98 bits per heavy atom. The molecule has 3 aliphatic heterocycles. The number of carbonyl (C=O) groups is 3. The van der Waals surface area contributed by atoms with E-state index < -0.39 is 5.60 Å². The first kappa shape index (κ1) is 31.7. The molecule has 12 heteroatoms. The van der Waals surface area contributed by atoms with Crippen molar-refractivity contribution >= 4 is 41.2 Å². The smallest absolute Gasteiger partial charge is 0.414 e. The number of hydrogen-bond donors (Lipinski definition) is 2. The largest absolute Gasteiger partial charge is 0.475 e. The molecule has 2 N–H and O–H groups in total. The zero-order valence-corrected chi connectivity index (χ0v) is 27.1. The molecule has 0 saturated carbocycles. The number of hydrogen-bond acceptors (Lipinski definition) is 9. The van der Waals surface area contributed by atoms with Gasteiger partial charge < -0.3 is 29.7 Å². The van der Waals surface area contributed by atoms with Gasteiger partial charge in [-0.25, -0.2) is 14.6 Å². The first-order valence-corrected chi connectivity index (χ1v) is 16.5. The molecule has 0 radical (unpaired) electrons. The van der Waals surface area contributed by atoms with Crippen LogP contribution < -0.4 is 20.3 Å². The van der Waals surface area contributed by atoms with E-state index in [2.05, 4.69) is 22.8 Å². The van der Waals surface area contributed by atoms with Gasteiger partial charge in [0.15, 0.2) is 0 Å². The maximum atomic E-state index is 12.6. The molecule has 2 saturated heterocycles. The van der Waals surface area contributed by atoms with Crippen LogP contribution in [-0.4, -0.2) is 77.7 Å². The molecule has 3 amide bonds. The predicted molar refractivity (Wildman–Crippen MR) is 176 cm³/mol. The molecule has 0 bridgehead atoms. The van der Waals surface area contributed by atoms with Crippen LogP contribution in [0.15, 0.2) is 65.6 Å². The Labute approximate surface area is 273 Å². The van der Waals surface area contributed by atoms with Gasteiger partial charge in [0.05, 0.1) is 29.7 Å². The Balaban J connectivity index is 0.968. The number of fused-ring (bicyclic) bond motifs is 1. The molecule has 242 valence electrons. The fourth-order valence-corrected chi connectivity index (χ4v) is 6.26. The van der Waals surface area contributed by atoms with E-state index in [1.54, 1.807) is 9.80 Å². The van der Waals surface area contributed by atoms with Crippen LogP contribution >= 0.6 is 11.8 Å². The van der Waals surface area contributed by atoms with E-state index in [0.29, 0.717) is 56.5 Å². The number of cyclic esters (lactones) is 1. The standard InChI is InChI=1S/C34H39N5O6S/c1-34(2,3)45-33(42)38-15-13-25(38)20-43-31-9-5-8-27(37-31)23-7-4-6-22(16-23)18-35-14-12-26-19-39(32(41)44-26)24-10-11-29-28(17-24)36-30(40)21-46-29/h4-11,16-17,25-26,35H,12-15,18-21H2,1-3H3,(H,36,40)/t25-,26+/m0/s1. The van der Waals surface area contributed by atoms with Crippen LogP contribution in [-0.2, 0) is 20.8 Å². The third-order valence-corrected chi connectivity index (χ3v) is 8.97. The Hall–Kier alpha value is -4.29. The number of nitrogens with one attached hydrogen (secondary N) is 2. The highest BCUT2D eigenvalue weighted by Crippen LogP contribution is 2.35. The molecular weight excluding hydrogens is 606 g/mol. The molecule has 2 aromatic carbocycles. The summed E-state index contributed by atoms with van der Waals surface area (Å²) < 4.78 is 17.1. The second-order valence-corrected chi connectivity index (χ2v) is 13.6. The van der Waals surface area contributed by atoms with Crippen LogP contribution in [0.3, 0.4) is 0 Å². The van der Waals surface area contributed by atoms with Gasteiger partial charge in [-0.15, -0.1) is 11.8 Å². The highest BCUT2D eigenvalue weighted by Gasteiger charge is 2.36. The summed E-state index contributed by atoms with van der Waals surface area (Å²) in [4.78, 5) is 45.8. The Morgan fingerprint density at radius 3 is 2.78 bits per heavy atom. The van der Waals surface area contributed by atoms with E-state index in [1.807, 2.05) is 69.3 Å². The fraction of sp³-hybridized carbons (Fsp3) is 0.412. The van der Waals surface area contributed by atoms with Crippen molar-refractivity contribution in [1.29, 1.82) is 0 Å². The predicted octanol–water partition coefficient (Wildman–Crippen LogP) is 5.69. The number of aromatic nitrogens is 1. The highest BCUT2D eigenvalue weighted by atomic mass is 32.2. The van der Waals surface area contributed by atoms with Gasteiger partial charge >= 0.3 is 12.2 Å². The number of likely N-dealkylation sites (tertiary alicyclic amines) is 1. The first-order chi connectivity index (χ1) is 22.1. The van der Waals surface area contributed by atoms with Gasteiger partial charge in [-0.3, -0.25) is 9.69 Å². The Kier molecular flexibility index (Phi) is 9.37. The van der Waals surface area contributed by atoms with Crippen molar-refractivity contribution in [2.75, 3.05) is 42.2 Å². The van der Waals surface area contributed by atoms with Crippen LogP contribution in [0.2, 0.25) is 0 Å². The molecule has 2 fully saturated rings. The van der Waals surface area contributed by atoms with Gasteiger partial charge in [0.1, 0.15) is 18.3 Å². The molecule has 6 rings (SSSR count). The summed E-state index contributed by atoms with van der Waals surface area (Å²) in [6, 6.07) is 19.5. The summed E-state index contributed by atoms with van der Waals surface area (Å²) in [7, 11) is 0. The number of anilines is 2. The van der Waals surface area contributed by atoms with E-state index in [1.165, 1.54) is 11.8 Å². The highest BCUT2D eigenvalue weighted by molar-refractivity contribution is 8.00. The van der Waals surface area contributed by atoms with Crippen LogP contribution in [0.1, 0.15) is 39.2 Å². The van der Waals surface area contributed by atoms with Crippen molar-refractivity contribution in [1.82, 2.24) is 15.2 Å². The van der Waals surface area contributed by atoms with Crippen molar-refractivity contribution in [3.05, 3.63) is 66.2 Å². The third kappa shape index (κ3) is 7.73. The Bertz CT molecular complexity index is 1610. The van der Waals surface area contributed by atoms with Crippen LogP contribution in [0.4, 0.5) is 21.0 Å². The Morgan fingerprint density at radius 1 is 1.13 bits per heavy atom. The first-order valence-electron chi connectivity index (χ1n) is 15.6. The summed E-state index contributed by atoms with van der Waals surface area (Å²) in [6.45, 7) is 8.39. The molecule has 46 heavy (non-hydrogen) atoms. The maximum Gasteiger partial charge on any atom is 0.414 e. The second-order valence-electron chi connectivity index (χ2n) is 12.6. The monoisotopic (exact) mass is 645 g/mol. The van der Waals surface area contributed by atoms with Crippen LogP contribution in [0.25, 0.3) is 11.3 Å². The van der Waals surface area contributed by atoms with Crippen LogP contribution in [0, 0.1) is 0 Å². The summed E-state index contributed by atoms with van der Waals surface area (Å²) in [5, 5.41) is 6.33. The van der Waals surface area contributed by atoms with Crippen LogP contribution in [0.5, 0.6) is 5.88 Å². The minimum atomic E-state index is -0.532. The van der Waals surface area contributed by atoms with E-state index >= 15 is 0 Å². The molecule has 1 aromatic heterocycles. The number of amides is 3. The molecular formula is C34H39N5O6S. The van der Waals surface area contributed by atoms with Gasteiger partial charge in [-0.1, -0.05) is 24.3 Å². The molecule has 3 aliphatic rings. The quantitative estimate of drug-likeness (QED) is 0.268. The second kappa shape index (κ2) is 13.6. The van der Waals surface area contributed by atoms with Gasteiger partial charge in [0.25, 0.3) is 0 Å². The summed E-state index contributed by atoms with van der Waals surface area (Å²) in [5.74, 6) is 0.868. The van der Waals surface area contributed by atoms with Crippen molar-refractivity contribution < 1.29 is 28.6 Å². The van der Waals surface area contributed by atoms with Crippen molar-refractivity contribution in [2.24, 2.45) is 0 Å². The van der Waals surface area contributed by atoms with E-state index in [-0.39, 0.29) is 30.2 Å². The van der Waals surface area contributed by atoms with Crippen molar-refractivity contribution in [2.45, 2.75) is 62.8 Å². The lowest BCUT2D eigenvalue weighted by Crippen LogP contribution is -2.55.